The van der Waals surface area contributed by atoms with Crippen LogP contribution in [0.5, 0.6) is 0 Å². The number of nitrogens with zero attached hydrogens (tertiary/aromatic N) is 1. The SMILES string of the molecule is C=CCN(c1ccccc1)S(=O)(=O)c1cccc(C(=O)OCC(=O)Nc2c(F)cccc2F)c1. The van der Waals surface area contributed by atoms with Gasteiger partial charge in [-0.25, -0.2) is 22.0 Å². The van der Waals surface area contributed by atoms with Crippen molar-refractivity contribution < 1.29 is 31.5 Å². The first-order chi connectivity index (χ1) is 16.2. The minimum Gasteiger partial charge on any atom is -0.452 e. The Balaban J connectivity index is 1.74. The Morgan fingerprint density at radius 2 is 1.62 bits per heavy atom. The second-order valence-electron chi connectivity index (χ2n) is 6.91. The number of para-hydroxylation sites is 2. The van der Waals surface area contributed by atoms with Gasteiger partial charge in [0.05, 0.1) is 22.7 Å². The van der Waals surface area contributed by atoms with Crippen molar-refractivity contribution in [3.63, 3.8) is 0 Å². The summed E-state index contributed by atoms with van der Waals surface area (Å²) in [6.45, 7) is 2.75. The average Bonchev–Trinajstić information content (AvgIpc) is 2.84. The molecule has 1 amide bonds. The number of hydrogen-bond acceptors (Lipinski definition) is 5. The van der Waals surface area contributed by atoms with Crippen LogP contribution in [0, 0.1) is 11.6 Å². The van der Waals surface area contributed by atoms with Crippen molar-refractivity contribution in [1.82, 2.24) is 0 Å². The minimum atomic E-state index is -4.06. The lowest BCUT2D eigenvalue weighted by molar-refractivity contribution is -0.119. The summed E-state index contributed by atoms with van der Waals surface area (Å²) in [5, 5.41) is 1.99. The summed E-state index contributed by atoms with van der Waals surface area (Å²) >= 11 is 0. The predicted octanol–water partition coefficient (Wildman–Crippen LogP) is 4.14. The Morgan fingerprint density at radius 3 is 2.26 bits per heavy atom. The largest absolute Gasteiger partial charge is 0.452 e. The molecule has 0 radical (unpaired) electrons. The molecule has 3 rings (SSSR count). The van der Waals surface area contributed by atoms with Gasteiger partial charge < -0.3 is 10.1 Å². The maximum absolute atomic E-state index is 13.6. The number of rotatable bonds is 9. The molecule has 0 aliphatic heterocycles. The third kappa shape index (κ3) is 5.65. The first-order valence-corrected chi connectivity index (χ1v) is 11.4. The van der Waals surface area contributed by atoms with Crippen molar-refractivity contribution in [2.24, 2.45) is 0 Å². The van der Waals surface area contributed by atoms with Crippen molar-refractivity contribution in [2.45, 2.75) is 4.90 Å². The molecule has 10 heteroatoms. The lowest BCUT2D eigenvalue weighted by Gasteiger charge is -2.23. The van der Waals surface area contributed by atoms with E-state index < -0.39 is 45.8 Å². The van der Waals surface area contributed by atoms with Crippen molar-refractivity contribution in [2.75, 3.05) is 22.8 Å². The van der Waals surface area contributed by atoms with Gasteiger partial charge >= 0.3 is 5.97 Å². The Labute approximate surface area is 195 Å². The number of esters is 1. The molecule has 7 nitrogen and oxygen atoms in total. The minimum absolute atomic E-state index is 0.00615. The van der Waals surface area contributed by atoms with Crippen LogP contribution in [0.25, 0.3) is 0 Å². The number of carbonyl (C=O) groups excluding carboxylic acids is 2. The summed E-state index contributed by atoms with van der Waals surface area (Å²) < 4.78 is 59.7. The predicted molar refractivity (Wildman–Crippen MR) is 123 cm³/mol. The molecule has 0 fully saturated rings. The summed E-state index contributed by atoms with van der Waals surface area (Å²) in [5.41, 5.74) is -0.384. The zero-order valence-electron chi connectivity index (χ0n) is 17.8. The van der Waals surface area contributed by atoms with Crippen LogP contribution >= 0.6 is 0 Å². The number of anilines is 2. The molecule has 1 N–H and O–H groups in total. The van der Waals surface area contributed by atoms with Gasteiger partial charge in [-0.2, -0.15) is 0 Å². The molecule has 0 unspecified atom stereocenters. The van der Waals surface area contributed by atoms with Gasteiger partial charge in [-0.3, -0.25) is 9.10 Å². The second-order valence-corrected chi connectivity index (χ2v) is 8.77. The Morgan fingerprint density at radius 1 is 0.971 bits per heavy atom. The zero-order valence-corrected chi connectivity index (χ0v) is 18.6. The summed E-state index contributed by atoms with van der Waals surface area (Å²) in [4.78, 5) is 24.2. The van der Waals surface area contributed by atoms with Gasteiger partial charge in [0.15, 0.2) is 6.61 Å². The van der Waals surface area contributed by atoms with Crippen LogP contribution in [0.2, 0.25) is 0 Å². The Bertz CT molecular complexity index is 1290. The Kier molecular flexibility index (Phi) is 7.75. The maximum Gasteiger partial charge on any atom is 0.338 e. The molecule has 0 aromatic heterocycles. The molecule has 0 saturated carbocycles. The van der Waals surface area contributed by atoms with Crippen LogP contribution in [-0.2, 0) is 19.6 Å². The van der Waals surface area contributed by atoms with E-state index in [1.54, 1.807) is 30.3 Å². The summed E-state index contributed by atoms with van der Waals surface area (Å²) in [6.07, 6.45) is 1.43. The number of benzene rings is 3. The van der Waals surface area contributed by atoms with Crippen LogP contribution < -0.4 is 9.62 Å². The van der Waals surface area contributed by atoms with Crippen molar-refractivity contribution >= 4 is 33.3 Å². The summed E-state index contributed by atoms with van der Waals surface area (Å²) in [5.74, 6) is -3.93. The van der Waals surface area contributed by atoms with Crippen LogP contribution in [0.4, 0.5) is 20.2 Å². The molecule has 176 valence electrons. The molecule has 0 aliphatic rings. The van der Waals surface area contributed by atoms with Crippen molar-refractivity contribution in [3.8, 4) is 0 Å². The highest BCUT2D eigenvalue weighted by atomic mass is 32.2. The van der Waals surface area contributed by atoms with E-state index in [0.717, 1.165) is 28.6 Å². The molecule has 0 heterocycles. The first-order valence-electron chi connectivity index (χ1n) is 9.93. The maximum atomic E-state index is 13.6. The van der Waals surface area contributed by atoms with Gasteiger partial charge in [-0.15, -0.1) is 6.58 Å². The van der Waals surface area contributed by atoms with E-state index in [0.29, 0.717) is 5.69 Å². The molecule has 34 heavy (non-hydrogen) atoms. The molecule has 0 spiro atoms. The number of hydrogen-bond donors (Lipinski definition) is 1. The van der Waals surface area contributed by atoms with E-state index in [1.165, 1.54) is 24.3 Å². The van der Waals surface area contributed by atoms with Crippen LogP contribution in [0.3, 0.4) is 0 Å². The summed E-state index contributed by atoms with van der Waals surface area (Å²) in [7, 11) is -4.06. The molecular formula is C24H20F2N2O5S. The third-order valence-electron chi connectivity index (χ3n) is 4.56. The van der Waals surface area contributed by atoms with Gasteiger partial charge in [0.25, 0.3) is 15.9 Å². The number of ether oxygens (including phenoxy) is 1. The lowest BCUT2D eigenvalue weighted by atomic mass is 10.2. The summed E-state index contributed by atoms with van der Waals surface area (Å²) in [6, 6.07) is 16.5. The molecule has 0 saturated heterocycles. The molecule has 0 aliphatic carbocycles. The van der Waals surface area contributed by atoms with E-state index >= 15 is 0 Å². The molecule has 0 atom stereocenters. The quantitative estimate of drug-likeness (QED) is 0.363. The standard InChI is InChI=1S/C24H20F2N2O5S/c1-2-14-28(18-9-4-3-5-10-18)34(31,32)19-11-6-8-17(15-19)24(30)33-16-22(29)27-23-20(25)12-7-13-21(23)26/h2-13,15H,1,14,16H2,(H,27,29). The first kappa shape index (κ1) is 24.6. The van der Waals surface area contributed by atoms with E-state index in [2.05, 4.69) is 6.58 Å². The molecule has 3 aromatic carbocycles. The van der Waals surface area contributed by atoms with Crippen LogP contribution in [0.1, 0.15) is 10.4 Å². The normalized spacial score (nSPS) is 10.9. The highest BCUT2D eigenvalue weighted by Gasteiger charge is 2.25. The van der Waals surface area contributed by atoms with Gasteiger partial charge in [0, 0.05) is 0 Å². The van der Waals surface area contributed by atoms with E-state index in [1.807, 2.05) is 5.32 Å². The van der Waals surface area contributed by atoms with Crippen molar-refractivity contribution in [3.05, 3.63) is 103 Å². The number of amides is 1. The van der Waals surface area contributed by atoms with Crippen LogP contribution in [-0.4, -0.2) is 33.4 Å². The van der Waals surface area contributed by atoms with Gasteiger partial charge in [-0.1, -0.05) is 36.4 Å². The number of sulfonamides is 1. The number of carbonyl (C=O) groups is 2. The fraction of sp³-hybridized carbons (Fsp3) is 0.0833. The fourth-order valence-corrected chi connectivity index (χ4v) is 4.45. The van der Waals surface area contributed by atoms with Crippen molar-refractivity contribution in [1.29, 1.82) is 0 Å². The van der Waals surface area contributed by atoms with Crippen LogP contribution in [0.15, 0.2) is 90.3 Å². The highest BCUT2D eigenvalue weighted by Crippen LogP contribution is 2.24. The van der Waals surface area contributed by atoms with E-state index in [9.17, 15) is 26.8 Å². The van der Waals surface area contributed by atoms with E-state index in [-0.39, 0.29) is 17.0 Å². The topological polar surface area (TPSA) is 92.8 Å². The smallest absolute Gasteiger partial charge is 0.338 e. The third-order valence-corrected chi connectivity index (χ3v) is 6.35. The lowest BCUT2D eigenvalue weighted by Crippen LogP contribution is -2.31. The van der Waals surface area contributed by atoms with Gasteiger partial charge in [0.1, 0.15) is 17.3 Å². The molecule has 0 bridgehead atoms. The molecule has 3 aromatic rings. The highest BCUT2D eigenvalue weighted by molar-refractivity contribution is 7.92. The second kappa shape index (κ2) is 10.7. The zero-order chi connectivity index (χ0) is 24.7. The number of nitrogens with one attached hydrogen (secondary N) is 1. The average molecular weight is 486 g/mol. The fourth-order valence-electron chi connectivity index (χ4n) is 2.97. The van der Waals surface area contributed by atoms with E-state index in [4.69, 9.17) is 4.74 Å². The van der Waals surface area contributed by atoms with Gasteiger partial charge in [-0.05, 0) is 42.5 Å². The monoisotopic (exact) mass is 486 g/mol. The van der Waals surface area contributed by atoms with Gasteiger partial charge in [0.2, 0.25) is 0 Å². The number of halogens is 2. The Hall–Kier alpha value is -4.05. The molecular weight excluding hydrogens is 466 g/mol.